The summed E-state index contributed by atoms with van der Waals surface area (Å²) in [5, 5.41) is 13.1. The summed E-state index contributed by atoms with van der Waals surface area (Å²) in [6, 6.07) is 0. The molecule has 0 unspecified atom stereocenters. The van der Waals surface area contributed by atoms with Gasteiger partial charge in [0.1, 0.15) is 0 Å². The number of rotatable bonds is 4. The zero-order valence-corrected chi connectivity index (χ0v) is 12.1. The number of aliphatic hydroxyl groups excluding tert-OH is 1. The lowest BCUT2D eigenvalue weighted by molar-refractivity contribution is -0.155. The third-order valence-electron chi connectivity index (χ3n) is 4.34. The minimum Gasteiger partial charge on any atom is -0.392 e. The van der Waals surface area contributed by atoms with E-state index in [4.69, 9.17) is 4.74 Å². The third kappa shape index (κ3) is 2.96. The number of ether oxygens (including phenoxy) is 1. The average molecular weight is 284 g/mol. The van der Waals surface area contributed by atoms with Crippen LogP contribution in [0, 0.1) is 5.41 Å². The monoisotopic (exact) mass is 284 g/mol. The van der Waals surface area contributed by atoms with E-state index in [1.807, 2.05) is 6.92 Å². The molecule has 2 saturated heterocycles. The summed E-state index contributed by atoms with van der Waals surface area (Å²) in [4.78, 5) is 26.0. The SMILES string of the molecule is CCOCCC(=O)N1CC[C@@H](O)[C@@]2(CCCNC2=O)C1. The number of amides is 2. The molecule has 0 radical (unpaired) electrons. The minimum atomic E-state index is -0.808. The average Bonchev–Trinajstić information content (AvgIpc) is 2.45. The lowest BCUT2D eigenvalue weighted by Gasteiger charge is -2.46. The zero-order valence-electron chi connectivity index (χ0n) is 12.1. The van der Waals surface area contributed by atoms with Gasteiger partial charge in [-0.1, -0.05) is 0 Å². The quantitative estimate of drug-likeness (QED) is 0.707. The van der Waals surface area contributed by atoms with Gasteiger partial charge in [-0.05, 0) is 26.2 Å². The number of likely N-dealkylation sites (tertiary alicyclic amines) is 1. The molecule has 2 atom stereocenters. The van der Waals surface area contributed by atoms with Crippen LogP contribution in [0.5, 0.6) is 0 Å². The zero-order chi connectivity index (χ0) is 14.6. The largest absolute Gasteiger partial charge is 0.392 e. The molecule has 2 N–H and O–H groups in total. The van der Waals surface area contributed by atoms with Gasteiger partial charge in [-0.3, -0.25) is 9.59 Å². The normalized spacial score (nSPS) is 30.4. The van der Waals surface area contributed by atoms with Gasteiger partial charge in [-0.25, -0.2) is 0 Å². The Morgan fingerprint density at radius 1 is 1.60 bits per heavy atom. The lowest BCUT2D eigenvalue weighted by Crippen LogP contribution is -2.62. The fourth-order valence-corrected chi connectivity index (χ4v) is 3.12. The number of carbonyl (C=O) groups is 2. The van der Waals surface area contributed by atoms with Crippen LogP contribution < -0.4 is 5.32 Å². The topological polar surface area (TPSA) is 78.9 Å². The van der Waals surface area contributed by atoms with E-state index in [0.717, 1.165) is 6.42 Å². The van der Waals surface area contributed by atoms with Crippen molar-refractivity contribution in [3.8, 4) is 0 Å². The van der Waals surface area contributed by atoms with Crippen LogP contribution in [0.4, 0.5) is 0 Å². The maximum atomic E-state index is 12.2. The fourth-order valence-electron chi connectivity index (χ4n) is 3.12. The summed E-state index contributed by atoms with van der Waals surface area (Å²) in [6.07, 6.45) is 1.65. The highest BCUT2D eigenvalue weighted by molar-refractivity contribution is 5.86. The van der Waals surface area contributed by atoms with E-state index < -0.39 is 11.5 Å². The Labute approximate surface area is 119 Å². The molecule has 2 rings (SSSR count). The Morgan fingerprint density at radius 2 is 2.40 bits per heavy atom. The molecular formula is C14H24N2O4. The van der Waals surface area contributed by atoms with Crippen molar-refractivity contribution >= 4 is 11.8 Å². The van der Waals surface area contributed by atoms with Gasteiger partial charge in [0.15, 0.2) is 0 Å². The van der Waals surface area contributed by atoms with Crippen molar-refractivity contribution < 1.29 is 19.4 Å². The van der Waals surface area contributed by atoms with Crippen LogP contribution in [-0.2, 0) is 14.3 Å². The molecule has 2 heterocycles. The van der Waals surface area contributed by atoms with Gasteiger partial charge in [-0.2, -0.15) is 0 Å². The number of carbonyl (C=O) groups excluding carboxylic acids is 2. The molecule has 1 spiro atoms. The number of piperidine rings is 2. The van der Waals surface area contributed by atoms with Gasteiger partial charge < -0.3 is 20.1 Å². The number of nitrogens with one attached hydrogen (secondary N) is 1. The van der Waals surface area contributed by atoms with Gasteiger partial charge in [0.2, 0.25) is 11.8 Å². The summed E-state index contributed by atoms with van der Waals surface area (Å²) >= 11 is 0. The molecule has 6 heteroatoms. The molecule has 2 amide bonds. The van der Waals surface area contributed by atoms with Crippen molar-refractivity contribution in [3.05, 3.63) is 0 Å². The van der Waals surface area contributed by atoms with Crippen LogP contribution in [0.1, 0.15) is 32.6 Å². The first-order valence-electron chi connectivity index (χ1n) is 7.42. The second kappa shape index (κ2) is 6.54. The van der Waals surface area contributed by atoms with Gasteiger partial charge in [0, 0.05) is 26.2 Å². The molecule has 0 saturated carbocycles. The predicted molar refractivity (Wildman–Crippen MR) is 73.0 cm³/mol. The van der Waals surface area contributed by atoms with Gasteiger partial charge in [0.25, 0.3) is 0 Å². The fraction of sp³-hybridized carbons (Fsp3) is 0.857. The molecule has 20 heavy (non-hydrogen) atoms. The summed E-state index contributed by atoms with van der Waals surface area (Å²) in [7, 11) is 0. The summed E-state index contributed by atoms with van der Waals surface area (Å²) in [5.41, 5.74) is -0.808. The van der Waals surface area contributed by atoms with E-state index in [0.29, 0.717) is 52.1 Å². The molecule has 2 aliphatic rings. The number of hydrogen-bond acceptors (Lipinski definition) is 4. The lowest BCUT2D eigenvalue weighted by atomic mass is 9.71. The molecule has 0 aliphatic carbocycles. The predicted octanol–water partition coefficient (Wildman–Crippen LogP) is -0.0974. The standard InChI is InChI=1S/C14H24N2O4/c1-2-20-9-5-12(18)16-8-4-11(17)14(10-16)6-3-7-15-13(14)19/h11,17H,2-10H2,1H3,(H,15,19)/t11-,14-/m1/s1. The van der Waals surface area contributed by atoms with Crippen LogP contribution in [-0.4, -0.2) is 60.8 Å². The van der Waals surface area contributed by atoms with Crippen LogP contribution in [0.2, 0.25) is 0 Å². The van der Waals surface area contributed by atoms with E-state index in [9.17, 15) is 14.7 Å². The van der Waals surface area contributed by atoms with Crippen molar-refractivity contribution in [1.29, 1.82) is 0 Å². The van der Waals surface area contributed by atoms with Crippen molar-refractivity contribution in [3.63, 3.8) is 0 Å². The highest BCUT2D eigenvalue weighted by Crippen LogP contribution is 2.37. The Morgan fingerprint density at radius 3 is 3.10 bits per heavy atom. The molecule has 2 fully saturated rings. The molecule has 6 nitrogen and oxygen atoms in total. The molecule has 0 aromatic rings. The van der Waals surface area contributed by atoms with Crippen molar-refractivity contribution in [2.45, 2.75) is 38.7 Å². The maximum absolute atomic E-state index is 12.2. The second-order valence-electron chi connectivity index (χ2n) is 5.58. The summed E-state index contributed by atoms with van der Waals surface area (Å²) in [5.74, 6) is -0.110. The smallest absolute Gasteiger partial charge is 0.230 e. The highest BCUT2D eigenvalue weighted by atomic mass is 16.5. The molecule has 0 bridgehead atoms. The Hall–Kier alpha value is -1.14. The highest BCUT2D eigenvalue weighted by Gasteiger charge is 2.50. The third-order valence-corrected chi connectivity index (χ3v) is 4.34. The second-order valence-corrected chi connectivity index (χ2v) is 5.58. The first-order valence-corrected chi connectivity index (χ1v) is 7.42. The van der Waals surface area contributed by atoms with Crippen molar-refractivity contribution in [2.75, 3.05) is 32.8 Å². The van der Waals surface area contributed by atoms with Crippen LogP contribution in [0.3, 0.4) is 0 Å². The number of aliphatic hydroxyl groups is 1. The first-order chi connectivity index (χ1) is 9.60. The summed E-state index contributed by atoms with van der Waals surface area (Å²) in [6.45, 7) is 4.40. The van der Waals surface area contributed by atoms with Crippen molar-refractivity contribution in [2.24, 2.45) is 5.41 Å². The van der Waals surface area contributed by atoms with Gasteiger partial charge in [0.05, 0.1) is 24.5 Å². The molecular weight excluding hydrogens is 260 g/mol. The molecule has 2 aliphatic heterocycles. The van der Waals surface area contributed by atoms with Crippen LogP contribution in [0.15, 0.2) is 0 Å². The van der Waals surface area contributed by atoms with E-state index in [-0.39, 0.29) is 11.8 Å². The van der Waals surface area contributed by atoms with Gasteiger partial charge in [-0.15, -0.1) is 0 Å². The molecule has 0 aromatic heterocycles. The molecule has 0 aromatic carbocycles. The van der Waals surface area contributed by atoms with Crippen molar-refractivity contribution in [1.82, 2.24) is 10.2 Å². The molecule has 114 valence electrons. The Bertz CT molecular complexity index is 374. The maximum Gasteiger partial charge on any atom is 0.230 e. The minimum absolute atomic E-state index is 0.00287. The number of hydrogen-bond donors (Lipinski definition) is 2. The number of nitrogens with zero attached hydrogens (tertiary/aromatic N) is 1. The van der Waals surface area contributed by atoms with Crippen LogP contribution in [0.25, 0.3) is 0 Å². The van der Waals surface area contributed by atoms with E-state index >= 15 is 0 Å². The van der Waals surface area contributed by atoms with Gasteiger partial charge >= 0.3 is 0 Å². The summed E-state index contributed by atoms with van der Waals surface area (Å²) < 4.78 is 5.20. The van der Waals surface area contributed by atoms with E-state index in [1.165, 1.54) is 0 Å². The van der Waals surface area contributed by atoms with E-state index in [1.54, 1.807) is 4.90 Å². The first kappa shape index (κ1) is 15.3. The van der Waals surface area contributed by atoms with E-state index in [2.05, 4.69) is 5.32 Å². The van der Waals surface area contributed by atoms with Crippen LogP contribution >= 0.6 is 0 Å². The Balaban J connectivity index is 2.00. The Kier molecular flexibility index (Phi) is 4.99.